The average molecular weight is 389 g/mol. The maximum Gasteiger partial charge on any atom is 0.226 e. The van der Waals surface area contributed by atoms with E-state index in [4.69, 9.17) is 28.9 Å². The Balaban J connectivity index is 1.45. The number of carbonyl (C=O) groups excluding carboxylic acids is 1. The number of hydrogen-bond donors (Lipinski definition) is 1. The molecule has 2 aromatic rings. The van der Waals surface area contributed by atoms with Crippen molar-refractivity contribution in [2.75, 3.05) is 19.6 Å². The van der Waals surface area contributed by atoms with Crippen LogP contribution in [0.25, 0.3) is 0 Å². The summed E-state index contributed by atoms with van der Waals surface area (Å²) < 4.78 is 0. The third kappa shape index (κ3) is 3.36. The Morgan fingerprint density at radius 2 is 1.77 bits per heavy atom. The lowest BCUT2D eigenvalue weighted by Gasteiger charge is -2.17. The number of likely N-dealkylation sites (tertiary alicyclic amines) is 1. The Labute approximate surface area is 164 Å². The first-order valence-corrected chi connectivity index (χ1v) is 9.82. The monoisotopic (exact) mass is 388 g/mol. The summed E-state index contributed by atoms with van der Waals surface area (Å²) in [5.41, 5.74) is 8.38. The predicted molar refractivity (Wildman–Crippen MR) is 106 cm³/mol. The maximum absolute atomic E-state index is 13.0. The highest BCUT2D eigenvalue weighted by atomic mass is 35.5. The van der Waals surface area contributed by atoms with E-state index in [2.05, 4.69) is 24.3 Å². The van der Waals surface area contributed by atoms with E-state index in [0.717, 1.165) is 25.1 Å². The largest absolute Gasteiger partial charge is 0.341 e. The molecule has 5 heteroatoms. The van der Waals surface area contributed by atoms with E-state index in [1.807, 2.05) is 29.2 Å². The standard InChI is InChI=1S/C21H22Cl2N2O/c22-19-7-6-14(8-20(19)23)16-9-17(16)21(26)25-11-15(10-24)18(12-25)13-4-2-1-3-5-13/h1-8,15-18H,9-12,24H2/t15-,16?,17?,18+/m1/s1. The highest BCUT2D eigenvalue weighted by Gasteiger charge is 2.48. The van der Waals surface area contributed by atoms with Crippen LogP contribution in [0.4, 0.5) is 0 Å². The van der Waals surface area contributed by atoms with Crippen LogP contribution in [0.15, 0.2) is 48.5 Å². The smallest absolute Gasteiger partial charge is 0.226 e. The van der Waals surface area contributed by atoms with Gasteiger partial charge in [0.2, 0.25) is 5.91 Å². The molecule has 4 atom stereocenters. The minimum absolute atomic E-state index is 0.0557. The van der Waals surface area contributed by atoms with Crippen molar-refractivity contribution in [3.8, 4) is 0 Å². The van der Waals surface area contributed by atoms with E-state index in [0.29, 0.717) is 28.4 Å². The Kier molecular flexibility index (Phi) is 4.96. The first kappa shape index (κ1) is 17.8. The van der Waals surface area contributed by atoms with Crippen molar-refractivity contribution in [1.29, 1.82) is 0 Å². The number of benzene rings is 2. The van der Waals surface area contributed by atoms with Crippen molar-refractivity contribution >= 4 is 29.1 Å². The summed E-state index contributed by atoms with van der Waals surface area (Å²) in [5, 5.41) is 1.10. The van der Waals surface area contributed by atoms with Crippen molar-refractivity contribution in [3.63, 3.8) is 0 Å². The fourth-order valence-corrected chi connectivity index (χ4v) is 4.49. The summed E-state index contributed by atoms with van der Waals surface area (Å²) in [4.78, 5) is 15.0. The van der Waals surface area contributed by atoms with Gasteiger partial charge in [-0.25, -0.2) is 0 Å². The molecule has 3 nitrogen and oxygen atoms in total. The second kappa shape index (κ2) is 7.22. The topological polar surface area (TPSA) is 46.3 Å². The van der Waals surface area contributed by atoms with Gasteiger partial charge in [0.25, 0.3) is 0 Å². The molecule has 2 N–H and O–H groups in total. The third-order valence-corrected chi connectivity index (χ3v) is 6.50. The van der Waals surface area contributed by atoms with E-state index >= 15 is 0 Å². The lowest BCUT2D eigenvalue weighted by Crippen LogP contribution is -2.31. The van der Waals surface area contributed by atoms with Crippen LogP contribution in [0.1, 0.15) is 29.4 Å². The molecule has 2 unspecified atom stereocenters. The van der Waals surface area contributed by atoms with E-state index in [-0.39, 0.29) is 17.7 Å². The number of rotatable bonds is 4. The molecule has 2 fully saturated rings. The third-order valence-electron chi connectivity index (χ3n) is 5.76. The van der Waals surface area contributed by atoms with Crippen molar-refractivity contribution in [3.05, 3.63) is 69.7 Å². The zero-order chi connectivity index (χ0) is 18.3. The minimum atomic E-state index is 0.0557. The number of nitrogens with zero attached hydrogens (tertiary/aromatic N) is 1. The second-order valence-corrected chi connectivity index (χ2v) is 8.19. The number of carbonyl (C=O) groups is 1. The van der Waals surface area contributed by atoms with Crippen LogP contribution in [0.5, 0.6) is 0 Å². The van der Waals surface area contributed by atoms with Gasteiger partial charge >= 0.3 is 0 Å². The molecule has 1 saturated carbocycles. The number of halogens is 2. The quantitative estimate of drug-likeness (QED) is 0.848. The molecule has 2 aliphatic rings. The minimum Gasteiger partial charge on any atom is -0.341 e. The molecule has 0 bridgehead atoms. The SMILES string of the molecule is NC[C@@H]1CN(C(=O)C2CC2c2ccc(Cl)c(Cl)c2)C[C@H]1c1ccccc1. The molecule has 0 aromatic heterocycles. The van der Waals surface area contributed by atoms with Crippen LogP contribution in [-0.2, 0) is 4.79 Å². The molecule has 0 radical (unpaired) electrons. The second-order valence-electron chi connectivity index (χ2n) is 7.38. The van der Waals surface area contributed by atoms with Crippen LogP contribution >= 0.6 is 23.2 Å². The number of amides is 1. The van der Waals surface area contributed by atoms with Gasteiger partial charge in [-0.05, 0) is 48.1 Å². The van der Waals surface area contributed by atoms with Gasteiger partial charge in [0.1, 0.15) is 0 Å². The number of hydrogen-bond acceptors (Lipinski definition) is 2. The lowest BCUT2D eigenvalue weighted by atomic mass is 9.89. The molecule has 1 aliphatic carbocycles. The highest BCUT2D eigenvalue weighted by molar-refractivity contribution is 6.42. The summed E-state index contributed by atoms with van der Waals surface area (Å²) in [6.45, 7) is 2.11. The molecule has 1 amide bonds. The molecule has 136 valence electrons. The Morgan fingerprint density at radius 1 is 1.00 bits per heavy atom. The zero-order valence-electron chi connectivity index (χ0n) is 14.4. The van der Waals surface area contributed by atoms with E-state index in [9.17, 15) is 4.79 Å². The normalized spacial score (nSPS) is 27.6. The summed E-state index contributed by atoms with van der Waals surface area (Å²) in [6.07, 6.45) is 0.886. The van der Waals surface area contributed by atoms with Gasteiger partial charge in [0.15, 0.2) is 0 Å². The van der Waals surface area contributed by atoms with E-state index < -0.39 is 0 Å². The molecular weight excluding hydrogens is 367 g/mol. The average Bonchev–Trinajstić information content (AvgIpc) is 3.34. The Hall–Kier alpha value is -1.55. The van der Waals surface area contributed by atoms with Gasteiger partial charge < -0.3 is 10.6 Å². The molecule has 2 aromatic carbocycles. The van der Waals surface area contributed by atoms with E-state index in [1.54, 1.807) is 0 Å². The maximum atomic E-state index is 13.0. The van der Waals surface area contributed by atoms with Gasteiger partial charge in [0, 0.05) is 24.9 Å². The van der Waals surface area contributed by atoms with Gasteiger partial charge in [-0.1, -0.05) is 59.6 Å². The first-order valence-electron chi connectivity index (χ1n) is 9.07. The van der Waals surface area contributed by atoms with Gasteiger partial charge in [-0.15, -0.1) is 0 Å². The van der Waals surface area contributed by atoms with Crippen molar-refractivity contribution in [1.82, 2.24) is 4.90 Å². The first-order chi connectivity index (χ1) is 12.6. The van der Waals surface area contributed by atoms with Crippen molar-refractivity contribution < 1.29 is 4.79 Å². The Morgan fingerprint density at radius 3 is 2.46 bits per heavy atom. The zero-order valence-corrected chi connectivity index (χ0v) is 16.0. The molecule has 0 spiro atoms. The molecule has 1 saturated heterocycles. The molecular formula is C21H22Cl2N2O. The van der Waals surface area contributed by atoms with Crippen LogP contribution in [0.3, 0.4) is 0 Å². The van der Waals surface area contributed by atoms with Crippen LogP contribution in [0, 0.1) is 11.8 Å². The Bertz CT molecular complexity index is 811. The molecule has 1 heterocycles. The highest BCUT2D eigenvalue weighted by Crippen LogP contribution is 2.50. The molecule has 1 aliphatic heterocycles. The van der Waals surface area contributed by atoms with Crippen LogP contribution in [0.2, 0.25) is 10.0 Å². The summed E-state index contributed by atoms with van der Waals surface area (Å²) in [6, 6.07) is 16.1. The fraction of sp³-hybridized carbons (Fsp3) is 0.381. The van der Waals surface area contributed by atoms with Gasteiger partial charge in [-0.2, -0.15) is 0 Å². The number of nitrogens with two attached hydrogens (primary N) is 1. The fourth-order valence-electron chi connectivity index (χ4n) is 4.18. The van der Waals surface area contributed by atoms with Crippen LogP contribution in [-0.4, -0.2) is 30.4 Å². The molecule has 4 rings (SSSR count). The summed E-state index contributed by atoms with van der Waals surface area (Å²) in [7, 11) is 0. The summed E-state index contributed by atoms with van der Waals surface area (Å²) in [5.74, 6) is 1.21. The van der Waals surface area contributed by atoms with Crippen molar-refractivity contribution in [2.24, 2.45) is 17.6 Å². The predicted octanol–water partition coefficient (Wildman–Crippen LogP) is 4.30. The lowest BCUT2D eigenvalue weighted by molar-refractivity contribution is -0.131. The van der Waals surface area contributed by atoms with Gasteiger partial charge in [0.05, 0.1) is 10.0 Å². The molecule has 26 heavy (non-hydrogen) atoms. The van der Waals surface area contributed by atoms with Gasteiger partial charge in [-0.3, -0.25) is 4.79 Å². The van der Waals surface area contributed by atoms with E-state index in [1.165, 1.54) is 5.56 Å². The summed E-state index contributed by atoms with van der Waals surface area (Å²) >= 11 is 12.1. The van der Waals surface area contributed by atoms with Crippen LogP contribution < -0.4 is 5.73 Å². The van der Waals surface area contributed by atoms with Crippen molar-refractivity contribution in [2.45, 2.75) is 18.3 Å².